The van der Waals surface area contributed by atoms with Crippen LogP contribution in [-0.2, 0) is 10.2 Å². The number of hydrogen-bond acceptors (Lipinski definition) is 3. The smallest absolute Gasteiger partial charge is 0.122 e. The van der Waals surface area contributed by atoms with Crippen LogP contribution in [0.4, 0.5) is 0 Å². The molecule has 1 fully saturated rings. The number of methoxy groups -OCH3 is 1. The van der Waals surface area contributed by atoms with Crippen molar-refractivity contribution in [1.82, 2.24) is 0 Å². The maximum atomic E-state index is 6.14. The predicted octanol–water partition coefficient (Wildman–Crippen LogP) is 1.93. The average Bonchev–Trinajstić information content (AvgIpc) is 2.20. The summed E-state index contributed by atoms with van der Waals surface area (Å²) in [5.41, 5.74) is 9.82. The van der Waals surface area contributed by atoms with Gasteiger partial charge >= 0.3 is 0 Å². The minimum Gasteiger partial charge on any atom is -0.496 e. The largest absolute Gasteiger partial charge is 0.496 e. The van der Waals surface area contributed by atoms with Crippen LogP contribution in [-0.4, -0.2) is 26.4 Å². The van der Waals surface area contributed by atoms with E-state index >= 15 is 0 Å². The molecule has 0 saturated carbocycles. The van der Waals surface area contributed by atoms with Gasteiger partial charge in [0, 0.05) is 6.04 Å². The second kappa shape index (κ2) is 4.31. The summed E-state index contributed by atoms with van der Waals surface area (Å²) in [7, 11) is 1.70. The molecule has 0 aliphatic carbocycles. The van der Waals surface area contributed by atoms with Crippen molar-refractivity contribution in [3.63, 3.8) is 0 Å². The molecule has 3 nitrogen and oxygen atoms in total. The van der Waals surface area contributed by atoms with E-state index < -0.39 is 0 Å². The minimum atomic E-state index is -0.0128. The summed E-state index contributed by atoms with van der Waals surface area (Å²) in [6.07, 6.45) is 0. The predicted molar refractivity (Wildman–Crippen MR) is 68.6 cm³/mol. The van der Waals surface area contributed by atoms with Gasteiger partial charge in [0.25, 0.3) is 0 Å². The van der Waals surface area contributed by atoms with Gasteiger partial charge in [-0.1, -0.05) is 6.07 Å². The van der Waals surface area contributed by atoms with Crippen LogP contribution in [0.5, 0.6) is 5.75 Å². The summed E-state index contributed by atoms with van der Waals surface area (Å²) in [4.78, 5) is 0. The Morgan fingerprint density at radius 3 is 2.35 bits per heavy atom. The molecule has 2 rings (SSSR count). The molecule has 94 valence electrons. The Bertz CT molecular complexity index is 422. The summed E-state index contributed by atoms with van der Waals surface area (Å²) in [6.45, 7) is 7.67. The highest BCUT2D eigenvalue weighted by Crippen LogP contribution is 2.39. The molecule has 0 spiro atoms. The number of benzene rings is 1. The summed E-state index contributed by atoms with van der Waals surface area (Å²) < 4.78 is 10.7. The Kier molecular flexibility index (Phi) is 3.15. The van der Waals surface area contributed by atoms with Crippen molar-refractivity contribution in [3.05, 3.63) is 28.8 Å². The molecule has 0 amide bonds. The van der Waals surface area contributed by atoms with E-state index in [1.165, 1.54) is 11.1 Å². The van der Waals surface area contributed by atoms with Gasteiger partial charge in [0.15, 0.2) is 0 Å². The van der Waals surface area contributed by atoms with E-state index in [1.807, 2.05) is 0 Å². The van der Waals surface area contributed by atoms with Crippen molar-refractivity contribution in [2.24, 2.45) is 5.73 Å². The fourth-order valence-corrected chi connectivity index (χ4v) is 2.53. The molecule has 1 saturated heterocycles. The van der Waals surface area contributed by atoms with Crippen LogP contribution in [0.15, 0.2) is 12.1 Å². The van der Waals surface area contributed by atoms with Crippen molar-refractivity contribution in [3.8, 4) is 5.75 Å². The number of nitrogens with two attached hydrogens (primary N) is 1. The molecule has 0 bridgehead atoms. The Morgan fingerprint density at radius 2 is 1.94 bits per heavy atom. The lowest BCUT2D eigenvalue weighted by Gasteiger charge is -2.46. The molecule has 0 aromatic heterocycles. The van der Waals surface area contributed by atoms with Crippen LogP contribution >= 0.6 is 0 Å². The lowest BCUT2D eigenvalue weighted by molar-refractivity contribution is -0.0705. The SMILES string of the molecule is COc1cc(C)c(C2(C(C)N)COC2)cc1C. The van der Waals surface area contributed by atoms with E-state index in [1.54, 1.807) is 7.11 Å². The van der Waals surface area contributed by atoms with Gasteiger partial charge in [-0.25, -0.2) is 0 Å². The molecule has 1 aliphatic heterocycles. The zero-order chi connectivity index (χ0) is 12.6. The van der Waals surface area contributed by atoms with Gasteiger partial charge < -0.3 is 15.2 Å². The summed E-state index contributed by atoms with van der Waals surface area (Å²) >= 11 is 0. The second-order valence-electron chi connectivity index (χ2n) is 5.07. The highest BCUT2D eigenvalue weighted by Gasteiger charge is 2.44. The van der Waals surface area contributed by atoms with Gasteiger partial charge in [0.1, 0.15) is 5.75 Å². The van der Waals surface area contributed by atoms with E-state index in [9.17, 15) is 0 Å². The van der Waals surface area contributed by atoms with Crippen LogP contribution in [0.3, 0.4) is 0 Å². The van der Waals surface area contributed by atoms with Crippen molar-refractivity contribution in [2.75, 3.05) is 20.3 Å². The van der Waals surface area contributed by atoms with E-state index in [4.69, 9.17) is 15.2 Å². The van der Waals surface area contributed by atoms with Gasteiger partial charge in [0.2, 0.25) is 0 Å². The summed E-state index contributed by atoms with van der Waals surface area (Å²) in [5.74, 6) is 0.936. The van der Waals surface area contributed by atoms with E-state index in [2.05, 4.69) is 32.9 Å². The maximum absolute atomic E-state index is 6.14. The highest BCUT2D eigenvalue weighted by molar-refractivity contribution is 5.46. The van der Waals surface area contributed by atoms with Crippen LogP contribution in [0.2, 0.25) is 0 Å². The second-order valence-corrected chi connectivity index (χ2v) is 5.07. The first kappa shape index (κ1) is 12.4. The Labute approximate surface area is 103 Å². The molecule has 1 aliphatic rings. The summed E-state index contributed by atoms with van der Waals surface area (Å²) in [6, 6.07) is 4.38. The molecule has 2 N–H and O–H groups in total. The highest BCUT2D eigenvalue weighted by atomic mass is 16.5. The van der Waals surface area contributed by atoms with Crippen molar-refractivity contribution in [1.29, 1.82) is 0 Å². The summed E-state index contributed by atoms with van der Waals surface area (Å²) in [5, 5.41) is 0. The number of rotatable bonds is 3. The van der Waals surface area contributed by atoms with Crippen LogP contribution < -0.4 is 10.5 Å². The standard InChI is InChI=1S/C14H21NO2/c1-9-6-13(16-4)10(2)5-12(9)14(11(3)15)7-17-8-14/h5-6,11H,7-8,15H2,1-4H3. The molecular weight excluding hydrogens is 214 g/mol. The number of hydrogen-bond donors (Lipinski definition) is 1. The zero-order valence-corrected chi connectivity index (χ0v) is 11.0. The van der Waals surface area contributed by atoms with E-state index in [0.717, 1.165) is 24.5 Å². The average molecular weight is 235 g/mol. The maximum Gasteiger partial charge on any atom is 0.122 e. The molecule has 1 aromatic carbocycles. The molecule has 17 heavy (non-hydrogen) atoms. The van der Waals surface area contributed by atoms with Gasteiger partial charge in [0.05, 0.1) is 25.7 Å². The zero-order valence-electron chi connectivity index (χ0n) is 11.0. The van der Waals surface area contributed by atoms with Crippen LogP contribution in [0.25, 0.3) is 0 Å². The molecule has 0 radical (unpaired) electrons. The third-order valence-corrected chi connectivity index (χ3v) is 3.87. The van der Waals surface area contributed by atoms with E-state index in [0.29, 0.717) is 0 Å². The first-order valence-electron chi connectivity index (χ1n) is 6.00. The topological polar surface area (TPSA) is 44.5 Å². The van der Waals surface area contributed by atoms with Gasteiger partial charge in [-0.15, -0.1) is 0 Å². The third kappa shape index (κ3) is 1.83. The minimum absolute atomic E-state index is 0.0128. The van der Waals surface area contributed by atoms with Crippen molar-refractivity contribution >= 4 is 0 Å². The fraction of sp³-hybridized carbons (Fsp3) is 0.571. The van der Waals surface area contributed by atoms with E-state index in [-0.39, 0.29) is 11.5 Å². The normalized spacial score (nSPS) is 19.6. The lowest BCUT2D eigenvalue weighted by atomic mass is 9.71. The quantitative estimate of drug-likeness (QED) is 0.870. The van der Waals surface area contributed by atoms with Crippen LogP contribution in [0.1, 0.15) is 23.6 Å². The molecule has 1 heterocycles. The molecule has 1 atom stereocenters. The van der Waals surface area contributed by atoms with Crippen molar-refractivity contribution in [2.45, 2.75) is 32.2 Å². The monoisotopic (exact) mass is 235 g/mol. The Hall–Kier alpha value is -1.06. The third-order valence-electron chi connectivity index (χ3n) is 3.87. The fourth-order valence-electron chi connectivity index (χ4n) is 2.53. The Morgan fingerprint density at radius 1 is 1.29 bits per heavy atom. The molecule has 1 aromatic rings. The molecular formula is C14H21NO2. The lowest BCUT2D eigenvalue weighted by Crippen LogP contribution is -2.57. The molecule has 3 heteroatoms. The number of aryl methyl sites for hydroxylation is 2. The first-order chi connectivity index (χ1) is 8.01. The van der Waals surface area contributed by atoms with Gasteiger partial charge in [-0.05, 0) is 43.5 Å². The Balaban J connectivity index is 2.48. The number of ether oxygens (including phenoxy) is 2. The van der Waals surface area contributed by atoms with Crippen molar-refractivity contribution < 1.29 is 9.47 Å². The first-order valence-corrected chi connectivity index (χ1v) is 6.00. The molecule has 1 unspecified atom stereocenters. The van der Waals surface area contributed by atoms with Gasteiger partial charge in [-0.2, -0.15) is 0 Å². The van der Waals surface area contributed by atoms with Crippen LogP contribution in [0, 0.1) is 13.8 Å². The van der Waals surface area contributed by atoms with Gasteiger partial charge in [-0.3, -0.25) is 0 Å².